The first-order chi connectivity index (χ1) is 6.57. The maximum atomic E-state index is 13.3. The summed E-state index contributed by atoms with van der Waals surface area (Å²) in [5.41, 5.74) is -0.275. The molecule has 0 aromatic heterocycles. The summed E-state index contributed by atoms with van der Waals surface area (Å²) < 4.78 is 18.6. The van der Waals surface area contributed by atoms with Gasteiger partial charge in [-0.2, -0.15) is 0 Å². The Morgan fingerprint density at radius 3 is 2.64 bits per heavy atom. The van der Waals surface area contributed by atoms with Crippen LogP contribution in [0.1, 0.15) is 18.4 Å². The number of aliphatic hydroxyl groups is 1. The predicted octanol–water partition coefficient (Wildman–Crippen LogP) is 2.58. The zero-order valence-electron chi connectivity index (χ0n) is 7.68. The lowest BCUT2D eigenvalue weighted by atomic mass is 10.1. The Morgan fingerprint density at radius 1 is 1.50 bits per heavy atom. The summed E-state index contributed by atoms with van der Waals surface area (Å²) in [5, 5.41) is 9.87. The Balaban J connectivity index is 2.52. The van der Waals surface area contributed by atoms with Crippen molar-refractivity contribution in [1.82, 2.24) is 0 Å². The zero-order chi connectivity index (χ0) is 10.3. The lowest BCUT2D eigenvalue weighted by Gasteiger charge is -2.12. The van der Waals surface area contributed by atoms with Crippen molar-refractivity contribution in [3.05, 3.63) is 28.0 Å². The molecule has 0 heterocycles. The van der Waals surface area contributed by atoms with Crippen molar-refractivity contribution in [3.8, 4) is 5.75 Å². The van der Waals surface area contributed by atoms with Crippen molar-refractivity contribution in [3.63, 3.8) is 0 Å². The fourth-order valence-electron chi connectivity index (χ4n) is 1.41. The van der Waals surface area contributed by atoms with E-state index in [0.29, 0.717) is 28.6 Å². The van der Waals surface area contributed by atoms with E-state index < -0.39 is 11.4 Å². The molecule has 0 unspecified atom stereocenters. The third kappa shape index (κ3) is 1.53. The minimum atomic E-state index is -0.853. The zero-order valence-corrected chi connectivity index (χ0v) is 9.27. The lowest BCUT2D eigenvalue weighted by Crippen LogP contribution is -2.06. The molecule has 0 amide bonds. The Labute approximate surface area is 89.8 Å². The van der Waals surface area contributed by atoms with Crippen molar-refractivity contribution < 1.29 is 14.2 Å². The minimum absolute atomic E-state index is 0.332. The van der Waals surface area contributed by atoms with Gasteiger partial charge in [0.1, 0.15) is 11.6 Å². The van der Waals surface area contributed by atoms with Gasteiger partial charge < -0.3 is 9.84 Å². The number of ether oxygens (including phenoxy) is 1. The molecule has 0 spiro atoms. The van der Waals surface area contributed by atoms with E-state index in [4.69, 9.17) is 4.74 Å². The molecular formula is C10H10BrFO2. The molecule has 76 valence electrons. The molecule has 0 atom stereocenters. The first-order valence-electron chi connectivity index (χ1n) is 4.33. The second-order valence-electron chi connectivity index (χ2n) is 3.50. The summed E-state index contributed by atoms with van der Waals surface area (Å²) in [5.74, 6) is 0.0284. The molecule has 1 aliphatic rings. The quantitative estimate of drug-likeness (QED) is 0.886. The van der Waals surface area contributed by atoms with E-state index in [1.54, 1.807) is 6.07 Å². The molecule has 1 aromatic carbocycles. The molecule has 0 radical (unpaired) electrons. The highest BCUT2D eigenvalue weighted by Gasteiger charge is 2.44. The number of hydrogen-bond acceptors (Lipinski definition) is 2. The third-order valence-electron chi connectivity index (χ3n) is 2.46. The summed E-state index contributed by atoms with van der Waals surface area (Å²) in [4.78, 5) is 0. The Morgan fingerprint density at radius 2 is 2.14 bits per heavy atom. The smallest absolute Gasteiger partial charge is 0.141 e. The number of rotatable bonds is 2. The summed E-state index contributed by atoms with van der Waals surface area (Å²) in [6.45, 7) is 0. The van der Waals surface area contributed by atoms with E-state index >= 15 is 0 Å². The predicted molar refractivity (Wildman–Crippen MR) is 53.8 cm³/mol. The normalized spacial score (nSPS) is 18.0. The van der Waals surface area contributed by atoms with Crippen molar-refractivity contribution in [2.75, 3.05) is 7.11 Å². The minimum Gasteiger partial charge on any atom is -0.497 e. The average molecular weight is 261 g/mol. The largest absolute Gasteiger partial charge is 0.497 e. The molecule has 1 aliphatic carbocycles. The monoisotopic (exact) mass is 260 g/mol. The van der Waals surface area contributed by atoms with Gasteiger partial charge in [-0.25, -0.2) is 4.39 Å². The van der Waals surface area contributed by atoms with E-state index in [9.17, 15) is 9.50 Å². The molecule has 1 aromatic rings. The van der Waals surface area contributed by atoms with Gasteiger partial charge in [-0.05, 0) is 34.8 Å². The van der Waals surface area contributed by atoms with Crippen molar-refractivity contribution in [2.45, 2.75) is 18.4 Å². The van der Waals surface area contributed by atoms with E-state index in [1.165, 1.54) is 13.2 Å². The molecule has 2 rings (SSSR count). The number of hydrogen-bond donors (Lipinski definition) is 1. The van der Waals surface area contributed by atoms with Crippen LogP contribution in [0.15, 0.2) is 16.6 Å². The van der Waals surface area contributed by atoms with Crippen LogP contribution in [0.25, 0.3) is 0 Å². The van der Waals surface area contributed by atoms with Crippen molar-refractivity contribution >= 4 is 15.9 Å². The molecule has 1 N–H and O–H groups in total. The van der Waals surface area contributed by atoms with E-state index in [2.05, 4.69) is 15.9 Å². The number of methoxy groups -OCH3 is 1. The van der Waals surface area contributed by atoms with Crippen LogP contribution in [0.5, 0.6) is 5.75 Å². The SMILES string of the molecule is COc1cc(F)c(Br)c(C2(O)CC2)c1. The number of benzene rings is 1. The standard InChI is InChI=1S/C10H10BrFO2/c1-14-6-4-7(10(13)2-3-10)9(11)8(12)5-6/h4-5,13H,2-3H2,1H3. The van der Waals surface area contributed by atoms with Crippen LogP contribution in [-0.4, -0.2) is 12.2 Å². The lowest BCUT2D eigenvalue weighted by molar-refractivity contribution is 0.149. The molecule has 1 saturated carbocycles. The Kier molecular flexibility index (Phi) is 2.27. The molecular weight excluding hydrogens is 251 g/mol. The summed E-state index contributed by atoms with van der Waals surface area (Å²) in [6, 6.07) is 2.96. The first-order valence-corrected chi connectivity index (χ1v) is 5.12. The second kappa shape index (κ2) is 3.21. The maximum Gasteiger partial charge on any atom is 0.141 e. The van der Waals surface area contributed by atoms with Crippen LogP contribution >= 0.6 is 15.9 Å². The van der Waals surface area contributed by atoms with Crippen LogP contribution < -0.4 is 4.74 Å². The topological polar surface area (TPSA) is 29.5 Å². The average Bonchev–Trinajstić information content (AvgIpc) is 2.89. The Hall–Kier alpha value is -0.610. The van der Waals surface area contributed by atoms with Gasteiger partial charge in [0.2, 0.25) is 0 Å². The van der Waals surface area contributed by atoms with Crippen LogP contribution in [0.2, 0.25) is 0 Å². The molecule has 14 heavy (non-hydrogen) atoms. The summed E-state index contributed by atoms with van der Waals surface area (Å²) >= 11 is 3.13. The van der Waals surface area contributed by atoms with Crippen molar-refractivity contribution in [2.24, 2.45) is 0 Å². The summed E-state index contributed by atoms with van der Waals surface area (Å²) in [7, 11) is 1.48. The van der Waals surface area contributed by atoms with E-state index in [1.807, 2.05) is 0 Å². The van der Waals surface area contributed by atoms with E-state index in [0.717, 1.165) is 0 Å². The highest BCUT2D eigenvalue weighted by Crippen LogP contribution is 2.49. The number of halogens is 2. The Bertz CT molecular complexity index is 375. The highest BCUT2D eigenvalue weighted by atomic mass is 79.9. The van der Waals surface area contributed by atoms with Gasteiger partial charge in [-0.1, -0.05) is 0 Å². The third-order valence-corrected chi connectivity index (χ3v) is 3.27. The van der Waals surface area contributed by atoms with Gasteiger partial charge in [0, 0.05) is 11.6 Å². The molecule has 2 nitrogen and oxygen atoms in total. The molecule has 0 aliphatic heterocycles. The van der Waals surface area contributed by atoms with Crippen molar-refractivity contribution in [1.29, 1.82) is 0 Å². The molecule has 1 fully saturated rings. The molecule has 4 heteroatoms. The van der Waals surface area contributed by atoms with Gasteiger partial charge >= 0.3 is 0 Å². The second-order valence-corrected chi connectivity index (χ2v) is 4.30. The molecule has 0 saturated heterocycles. The van der Waals surface area contributed by atoms with Gasteiger partial charge in [-0.15, -0.1) is 0 Å². The van der Waals surface area contributed by atoms with Gasteiger partial charge in [0.05, 0.1) is 17.2 Å². The molecule has 0 bridgehead atoms. The van der Waals surface area contributed by atoms with Crippen LogP contribution in [-0.2, 0) is 5.60 Å². The maximum absolute atomic E-state index is 13.3. The van der Waals surface area contributed by atoms with Gasteiger partial charge in [0.25, 0.3) is 0 Å². The van der Waals surface area contributed by atoms with Gasteiger partial charge in [0.15, 0.2) is 0 Å². The first kappa shape index (κ1) is 9.93. The fraction of sp³-hybridized carbons (Fsp3) is 0.400. The highest BCUT2D eigenvalue weighted by molar-refractivity contribution is 9.10. The van der Waals surface area contributed by atoms with E-state index in [-0.39, 0.29) is 0 Å². The summed E-state index contributed by atoms with van der Waals surface area (Å²) in [6.07, 6.45) is 1.36. The van der Waals surface area contributed by atoms with Gasteiger partial charge in [-0.3, -0.25) is 0 Å². The van der Waals surface area contributed by atoms with Crippen LogP contribution in [0.3, 0.4) is 0 Å². The van der Waals surface area contributed by atoms with Crippen LogP contribution in [0, 0.1) is 5.82 Å². The fourth-order valence-corrected chi connectivity index (χ4v) is 2.01. The van der Waals surface area contributed by atoms with Crippen LogP contribution in [0.4, 0.5) is 4.39 Å².